The molecule has 61 heavy (non-hydrogen) atoms. The maximum atomic E-state index is 12.2. The van der Waals surface area contributed by atoms with Crippen LogP contribution in [0.1, 0.15) is 41.5 Å². The zero-order valence-corrected chi connectivity index (χ0v) is 34.2. The van der Waals surface area contributed by atoms with Crippen LogP contribution < -0.4 is 16.4 Å². The van der Waals surface area contributed by atoms with E-state index in [0.29, 0.717) is 0 Å². The first kappa shape index (κ1) is 47.9. The maximum absolute atomic E-state index is 12.2. The summed E-state index contributed by atoms with van der Waals surface area (Å²) in [6.45, 7) is 10.5. The average molecular weight is 888 g/mol. The van der Waals surface area contributed by atoms with E-state index in [9.17, 15) is 29.7 Å². The van der Waals surface area contributed by atoms with Gasteiger partial charge in [-0.2, -0.15) is 0 Å². The molecule has 9 aliphatic heterocycles. The number of fused-ring (bicyclic) bond motifs is 3. The maximum Gasteiger partial charge on any atom is 0.410 e. The van der Waals surface area contributed by atoms with Crippen LogP contribution in [0, 0.1) is 0 Å². The van der Waals surface area contributed by atoms with Crippen LogP contribution in [0.2, 0.25) is 0 Å². The van der Waals surface area contributed by atoms with Crippen LogP contribution in [-0.4, -0.2) is 219 Å². The van der Waals surface area contributed by atoms with E-state index < -0.39 is 127 Å². The molecule has 0 radical (unpaired) electrons. The summed E-state index contributed by atoms with van der Waals surface area (Å²) in [7, 11) is 0. The second-order valence-corrected chi connectivity index (χ2v) is 16.9. The molecule has 26 heteroatoms. The number of carbonyl (C=O) groups is 3. The molecule has 4 unspecified atom stereocenters. The van der Waals surface area contributed by atoms with E-state index in [1.807, 2.05) is 0 Å². The number of aliphatic hydroxyl groups excluding tert-OH is 7. The van der Waals surface area contributed by atoms with E-state index in [1.165, 1.54) is 0 Å². The summed E-state index contributed by atoms with van der Waals surface area (Å²) in [4.78, 5) is 34.3. The van der Waals surface area contributed by atoms with Gasteiger partial charge in [0.1, 0.15) is 61.0 Å². The van der Waals surface area contributed by atoms with E-state index in [2.05, 4.69) is 15.4 Å². The molecule has 0 aromatic heterocycles. The Kier molecular flexibility index (Phi) is 13.7. The lowest BCUT2D eigenvalue weighted by Gasteiger charge is -2.40. The predicted molar refractivity (Wildman–Crippen MR) is 191 cm³/mol. The number of ketones is 1. The fourth-order valence-corrected chi connectivity index (χ4v) is 7.89. The number of rotatable bonds is 2. The number of carbonyl (C=O) groups excluding carboxylic acids is 3. The minimum atomic E-state index is -1.73. The summed E-state index contributed by atoms with van der Waals surface area (Å²) in [5, 5.41) is 79.5. The van der Waals surface area contributed by atoms with Gasteiger partial charge in [0.05, 0.1) is 39.5 Å². The van der Waals surface area contributed by atoms with Crippen molar-refractivity contribution in [2.24, 2.45) is 5.73 Å². The lowest BCUT2D eigenvalue weighted by molar-refractivity contribution is -0.300. The number of Topliss-reactive ketones (excluding diaryl/α,β-unsaturated/α-hetero) is 1. The van der Waals surface area contributed by atoms with Crippen molar-refractivity contribution in [2.75, 3.05) is 46.1 Å². The summed E-state index contributed by atoms with van der Waals surface area (Å²) < 4.78 is 63.7. The van der Waals surface area contributed by atoms with Gasteiger partial charge in [-0.25, -0.2) is 9.59 Å². The van der Waals surface area contributed by atoms with Crippen LogP contribution in [0.15, 0.2) is 0 Å². The van der Waals surface area contributed by atoms with E-state index in [0.717, 1.165) is 0 Å². The van der Waals surface area contributed by atoms with Crippen molar-refractivity contribution in [1.29, 1.82) is 0 Å². The topological polar surface area (TPSA) is 374 Å². The van der Waals surface area contributed by atoms with Crippen molar-refractivity contribution >= 4 is 18.0 Å². The molecule has 0 saturated carbocycles. The molecular formula is C35H57N3O23. The first-order valence-electron chi connectivity index (χ1n) is 19.5. The largest absolute Gasteiger partial charge is 0.412 e. The molecule has 0 aromatic carbocycles. The van der Waals surface area contributed by atoms with E-state index in [4.69, 9.17) is 83.4 Å². The molecule has 9 aliphatic rings. The summed E-state index contributed by atoms with van der Waals surface area (Å²) in [6.07, 6.45) is -13.6. The molecule has 2 spiro atoms. The van der Waals surface area contributed by atoms with Gasteiger partial charge in [0.25, 0.3) is 11.6 Å². The normalized spacial score (nSPS) is 47.1. The number of ether oxygens (including phenoxy) is 12. The number of nitrogens with one attached hydrogen (secondary N) is 2. The average Bonchev–Trinajstić information content (AvgIpc) is 4.00. The van der Waals surface area contributed by atoms with Crippen LogP contribution >= 0.6 is 0 Å². The fourth-order valence-electron chi connectivity index (χ4n) is 7.89. The van der Waals surface area contributed by atoms with Gasteiger partial charge in [-0.3, -0.25) is 4.79 Å². The van der Waals surface area contributed by atoms with E-state index in [-0.39, 0.29) is 51.7 Å². The molecule has 9 fully saturated rings. The van der Waals surface area contributed by atoms with Crippen molar-refractivity contribution in [3.8, 4) is 0 Å². The van der Waals surface area contributed by atoms with Crippen molar-refractivity contribution in [1.82, 2.24) is 10.6 Å². The first-order chi connectivity index (χ1) is 28.3. The Labute approximate surface area is 348 Å². The predicted octanol–water partition coefficient (Wildman–Crippen LogP) is -5.80. The Morgan fingerprint density at radius 1 is 0.639 bits per heavy atom. The second kappa shape index (κ2) is 17.4. The van der Waals surface area contributed by atoms with Gasteiger partial charge in [-0.05, 0) is 41.5 Å². The van der Waals surface area contributed by atoms with Crippen molar-refractivity contribution in [2.45, 2.75) is 156 Å². The highest BCUT2D eigenvalue weighted by Gasteiger charge is 2.63. The third kappa shape index (κ3) is 9.77. The third-order valence-corrected chi connectivity index (χ3v) is 10.9. The highest BCUT2D eigenvalue weighted by atomic mass is 16.8. The van der Waals surface area contributed by atoms with Gasteiger partial charge in [0.2, 0.25) is 11.6 Å². The molecule has 0 bridgehead atoms. The van der Waals surface area contributed by atoms with Gasteiger partial charge in [0, 0.05) is 6.54 Å². The first-order valence-corrected chi connectivity index (χ1v) is 19.5. The van der Waals surface area contributed by atoms with Gasteiger partial charge >= 0.3 is 12.2 Å². The van der Waals surface area contributed by atoms with Crippen LogP contribution in [0.4, 0.5) is 9.59 Å². The Morgan fingerprint density at radius 3 is 1.70 bits per heavy atom. The number of hydrogen-bond acceptors (Lipinski definition) is 24. The molecule has 9 rings (SSSR count). The molecule has 12 N–H and O–H groups in total. The lowest BCUT2D eigenvalue weighted by atomic mass is 9.97. The number of nitrogens with two attached hydrogens (primary N) is 1. The minimum absolute atomic E-state index is 0.0116. The molecule has 16 atom stereocenters. The Balaban J connectivity index is 0.000000137. The van der Waals surface area contributed by atoms with Crippen LogP contribution in [-0.2, 0) is 61.6 Å². The fraction of sp³-hybridized carbons (Fsp3) is 0.914. The van der Waals surface area contributed by atoms with Crippen LogP contribution in [0.3, 0.4) is 0 Å². The monoisotopic (exact) mass is 887 g/mol. The molecule has 0 aromatic rings. The zero-order chi connectivity index (χ0) is 45.1. The number of aliphatic hydroxyl groups is 8. The molecule has 9 heterocycles. The van der Waals surface area contributed by atoms with E-state index >= 15 is 0 Å². The highest BCUT2D eigenvalue weighted by Crippen LogP contribution is 2.41. The highest BCUT2D eigenvalue weighted by molar-refractivity contribution is 5.95. The van der Waals surface area contributed by atoms with Gasteiger partial charge in [0.15, 0.2) is 35.9 Å². The summed E-state index contributed by atoms with van der Waals surface area (Å²) >= 11 is 0. The van der Waals surface area contributed by atoms with Gasteiger partial charge in [-0.1, -0.05) is 0 Å². The minimum Gasteiger partial charge on any atom is -0.412 e. The van der Waals surface area contributed by atoms with Crippen LogP contribution in [0.5, 0.6) is 0 Å². The molecule has 9 saturated heterocycles. The summed E-state index contributed by atoms with van der Waals surface area (Å²) in [5.41, 5.74) is 5.35. The van der Waals surface area contributed by atoms with Crippen LogP contribution in [0.25, 0.3) is 0 Å². The second-order valence-electron chi connectivity index (χ2n) is 16.9. The molecule has 2 amide bonds. The third-order valence-electron chi connectivity index (χ3n) is 10.9. The standard InChI is InChI=1S/C10H15NO6.C10H13NO6.C9H17NO5.C6H12O6/c2*1-9(2)15-5-3-14-10(4-11-8(13)17-10)7(12)6(5)16-9;1-8(2)14-5-3-13-9(12,4-10)7(11)6(5)15-8;7-1-2-3(8)4(9)5(10)6(11)12-2/h5-7,12H,3-4H2,1-2H3,(H,11,13);5-6H,3-4H2,1-2H3,(H,11,13);5-7,11-12H,3-4,10H2,1-2H3;2-11H,1H2/t5-,6?,7+,10+;5-,6?,10+;5-,6?,7+,9-;2-,3-,4+,5-,6?/m1111/s1. The lowest BCUT2D eigenvalue weighted by Crippen LogP contribution is -2.63. The smallest absolute Gasteiger partial charge is 0.410 e. The Bertz CT molecular complexity index is 1600. The summed E-state index contributed by atoms with van der Waals surface area (Å²) in [5.74, 6) is -7.37. The van der Waals surface area contributed by atoms with Gasteiger partial charge in [-0.15, -0.1) is 0 Å². The number of amides is 2. The van der Waals surface area contributed by atoms with Gasteiger partial charge < -0.3 is 114 Å². The number of alkyl carbamates (subject to hydrolysis) is 2. The molecular weight excluding hydrogens is 830 g/mol. The van der Waals surface area contributed by atoms with Crippen molar-refractivity contribution < 1.29 is 112 Å². The van der Waals surface area contributed by atoms with Crippen molar-refractivity contribution in [3.63, 3.8) is 0 Å². The molecule has 350 valence electrons. The van der Waals surface area contributed by atoms with E-state index in [1.54, 1.807) is 41.5 Å². The van der Waals surface area contributed by atoms with Crippen molar-refractivity contribution in [3.05, 3.63) is 0 Å². The quantitative estimate of drug-likeness (QED) is 0.123. The number of hydrogen-bond donors (Lipinski definition) is 11. The molecule has 26 nitrogen and oxygen atoms in total. The molecule has 0 aliphatic carbocycles. The zero-order valence-electron chi connectivity index (χ0n) is 34.2. The summed E-state index contributed by atoms with van der Waals surface area (Å²) in [6, 6.07) is 0. The SMILES string of the molecule is CC1(C)OC2C(=O)[C@@]3(CNC(=O)O3)OC[C@H]2O1.CC1(C)OC2[C@@H](CO[C@](O)(CN)[C@H]2O)O1.CC1(C)OC2[C@@H](CO[C@]3(CNC(=O)O3)[C@H]2O)O1.OC[C@H]1OC(O)[C@H](O)[C@@H](O)[C@@H]1O. The Morgan fingerprint density at radius 2 is 1.16 bits per heavy atom. The Hall–Kier alpha value is -2.55.